The number of H-pyrrole nitrogens is 1. The van der Waals surface area contributed by atoms with E-state index in [9.17, 15) is 20.1 Å². The van der Waals surface area contributed by atoms with Crippen molar-refractivity contribution in [3.63, 3.8) is 0 Å². The molecule has 1 unspecified atom stereocenters. The minimum atomic E-state index is -2.02. The Labute approximate surface area is 135 Å². The van der Waals surface area contributed by atoms with E-state index in [1.165, 1.54) is 24.7 Å². The summed E-state index contributed by atoms with van der Waals surface area (Å²) in [6.07, 6.45) is -3.63. The van der Waals surface area contributed by atoms with Crippen LogP contribution in [-0.2, 0) is 4.74 Å². The lowest BCUT2D eigenvalue weighted by Gasteiger charge is -2.26. The van der Waals surface area contributed by atoms with E-state index in [0.29, 0.717) is 0 Å². The first-order valence-corrected chi connectivity index (χ1v) is 7.19. The molecule has 0 aliphatic carbocycles. The molecule has 2 aromatic heterocycles. The van der Waals surface area contributed by atoms with Gasteiger partial charge in [-0.05, 0) is 13.8 Å². The molecule has 0 bridgehead atoms. The molecule has 10 nitrogen and oxygen atoms in total. The predicted molar refractivity (Wildman–Crippen MR) is 82.6 cm³/mol. The lowest BCUT2D eigenvalue weighted by Crippen LogP contribution is -2.47. The van der Waals surface area contributed by atoms with Crippen molar-refractivity contribution >= 4 is 17.1 Å². The average Bonchev–Trinajstić information content (AvgIpc) is 3.00. The van der Waals surface area contributed by atoms with Crippen LogP contribution in [0.15, 0.2) is 11.1 Å². The highest BCUT2D eigenvalue weighted by Gasteiger charge is 2.57. The van der Waals surface area contributed by atoms with E-state index in [1.54, 1.807) is 0 Å². The van der Waals surface area contributed by atoms with Crippen LogP contribution in [-0.4, -0.2) is 58.8 Å². The maximum Gasteiger partial charge on any atom is 0.280 e. The molecule has 1 saturated heterocycles. The third-order valence-corrected chi connectivity index (χ3v) is 3.93. The van der Waals surface area contributed by atoms with Crippen LogP contribution in [0.2, 0.25) is 0 Å². The molecule has 3 rings (SSSR count). The van der Waals surface area contributed by atoms with Gasteiger partial charge in [0.25, 0.3) is 5.56 Å². The Morgan fingerprint density at radius 2 is 2.29 bits per heavy atom. The average molecular weight is 335 g/mol. The summed E-state index contributed by atoms with van der Waals surface area (Å²) in [6.45, 7) is 2.91. The van der Waals surface area contributed by atoms with Crippen LogP contribution in [0.1, 0.15) is 20.1 Å². The first-order chi connectivity index (χ1) is 11.3. The molecule has 1 aliphatic heterocycles. The standard InChI is InChI=1S/C14H17N5O5/c1-3-4-14(23)9(21)8(6(2)20)24-12(14)19-5-16-7-10(19)17-13(15)18-11(7)22/h5-6,8-9,12,20-21,23H,1-2H3,(H3,15,17,18,22)/t6-,8+,9-,12+,14?/m0/s1. The van der Waals surface area contributed by atoms with Crippen LogP contribution in [0, 0.1) is 11.8 Å². The molecule has 3 heterocycles. The predicted octanol–water partition coefficient (Wildman–Crippen LogP) is -1.90. The summed E-state index contributed by atoms with van der Waals surface area (Å²) in [7, 11) is 0. The fourth-order valence-corrected chi connectivity index (χ4v) is 2.83. The van der Waals surface area contributed by atoms with E-state index in [-0.39, 0.29) is 17.1 Å². The first-order valence-electron chi connectivity index (χ1n) is 7.19. The number of nitrogens with one attached hydrogen (secondary N) is 1. The van der Waals surface area contributed by atoms with Crippen LogP contribution in [0.5, 0.6) is 0 Å². The van der Waals surface area contributed by atoms with Crippen molar-refractivity contribution in [3.8, 4) is 11.8 Å². The third-order valence-electron chi connectivity index (χ3n) is 3.93. The maximum absolute atomic E-state index is 11.9. The molecule has 0 aromatic carbocycles. The third kappa shape index (κ3) is 2.26. The van der Waals surface area contributed by atoms with Gasteiger partial charge in [-0.2, -0.15) is 4.98 Å². The van der Waals surface area contributed by atoms with E-state index in [2.05, 4.69) is 26.8 Å². The zero-order valence-electron chi connectivity index (χ0n) is 13.0. The van der Waals surface area contributed by atoms with Crippen molar-refractivity contribution in [1.82, 2.24) is 19.5 Å². The van der Waals surface area contributed by atoms with Crippen LogP contribution in [0.3, 0.4) is 0 Å². The van der Waals surface area contributed by atoms with E-state index in [1.807, 2.05) is 0 Å². The van der Waals surface area contributed by atoms with Gasteiger partial charge in [0, 0.05) is 0 Å². The molecular formula is C14H17N5O5. The summed E-state index contributed by atoms with van der Waals surface area (Å²) in [5, 5.41) is 31.0. The SMILES string of the molecule is CC#CC1(O)[C@@H](O)[C@@H]([C@H](C)O)O[C@H]1n1cnc2c(=O)[nH]c(N)nc21. The van der Waals surface area contributed by atoms with Gasteiger partial charge in [0.05, 0.1) is 12.4 Å². The topological polar surface area (TPSA) is 160 Å². The molecule has 1 aliphatic rings. The number of aromatic amines is 1. The fourth-order valence-electron chi connectivity index (χ4n) is 2.83. The second-order valence-corrected chi connectivity index (χ2v) is 5.61. The van der Waals surface area contributed by atoms with Gasteiger partial charge in [-0.1, -0.05) is 5.92 Å². The molecule has 5 atom stereocenters. The summed E-state index contributed by atoms with van der Waals surface area (Å²) in [5.74, 6) is 4.91. The molecule has 10 heteroatoms. The number of anilines is 1. The Hall–Kier alpha value is -2.45. The largest absolute Gasteiger partial charge is 0.391 e. The number of aromatic nitrogens is 4. The van der Waals surface area contributed by atoms with Crippen molar-refractivity contribution in [2.24, 2.45) is 0 Å². The van der Waals surface area contributed by atoms with Gasteiger partial charge in [0.1, 0.15) is 12.2 Å². The lowest BCUT2D eigenvalue weighted by molar-refractivity contribution is -0.0847. The number of imidazole rings is 1. The Kier molecular flexibility index (Phi) is 3.81. The summed E-state index contributed by atoms with van der Waals surface area (Å²) in [6, 6.07) is 0. The highest BCUT2D eigenvalue weighted by molar-refractivity contribution is 5.70. The van der Waals surface area contributed by atoms with Crippen LogP contribution in [0.4, 0.5) is 5.95 Å². The Bertz CT molecular complexity index is 894. The molecule has 6 N–H and O–H groups in total. The lowest BCUT2D eigenvalue weighted by atomic mass is 9.93. The van der Waals surface area contributed by atoms with Gasteiger partial charge in [-0.15, -0.1) is 5.92 Å². The highest BCUT2D eigenvalue weighted by Crippen LogP contribution is 2.40. The highest BCUT2D eigenvalue weighted by atomic mass is 16.6. The Morgan fingerprint density at radius 3 is 2.92 bits per heavy atom. The van der Waals surface area contributed by atoms with Gasteiger partial charge in [0.15, 0.2) is 23.0 Å². The minimum Gasteiger partial charge on any atom is -0.391 e. The molecular weight excluding hydrogens is 318 g/mol. The van der Waals surface area contributed by atoms with E-state index >= 15 is 0 Å². The van der Waals surface area contributed by atoms with E-state index in [4.69, 9.17) is 10.5 Å². The van der Waals surface area contributed by atoms with Gasteiger partial charge in [-0.25, -0.2) is 4.98 Å². The molecule has 0 spiro atoms. The Balaban J connectivity index is 2.20. The monoisotopic (exact) mass is 335 g/mol. The van der Waals surface area contributed by atoms with Gasteiger partial charge < -0.3 is 25.8 Å². The van der Waals surface area contributed by atoms with Gasteiger partial charge >= 0.3 is 0 Å². The Morgan fingerprint density at radius 1 is 1.58 bits per heavy atom. The number of aliphatic hydroxyl groups is 3. The summed E-state index contributed by atoms with van der Waals surface area (Å²) < 4.78 is 6.87. The number of nitrogens with two attached hydrogens (primary N) is 1. The molecule has 0 amide bonds. The molecule has 2 aromatic rings. The number of aliphatic hydroxyl groups excluding tert-OH is 2. The fraction of sp³-hybridized carbons (Fsp3) is 0.500. The first kappa shape index (κ1) is 16.4. The van der Waals surface area contributed by atoms with Crippen LogP contribution >= 0.6 is 0 Å². The number of rotatable bonds is 2. The van der Waals surface area contributed by atoms with Crippen LogP contribution < -0.4 is 11.3 Å². The van der Waals surface area contributed by atoms with Crippen molar-refractivity contribution in [2.45, 2.75) is 44.0 Å². The molecule has 1 fully saturated rings. The zero-order chi connectivity index (χ0) is 17.6. The number of nitrogens with zero attached hydrogens (tertiary/aromatic N) is 3. The summed E-state index contributed by atoms with van der Waals surface area (Å²) in [4.78, 5) is 22.1. The number of hydrogen-bond acceptors (Lipinski definition) is 8. The second-order valence-electron chi connectivity index (χ2n) is 5.61. The quantitative estimate of drug-likeness (QED) is 0.398. The number of nitrogen functional groups attached to an aromatic ring is 1. The molecule has 0 saturated carbocycles. The summed E-state index contributed by atoms with van der Waals surface area (Å²) >= 11 is 0. The number of hydrogen-bond donors (Lipinski definition) is 5. The molecule has 0 radical (unpaired) electrons. The van der Waals surface area contributed by atoms with Crippen molar-refractivity contribution in [2.75, 3.05) is 5.73 Å². The van der Waals surface area contributed by atoms with Crippen molar-refractivity contribution in [3.05, 3.63) is 16.7 Å². The maximum atomic E-state index is 11.9. The normalized spacial score (nSPS) is 31.0. The van der Waals surface area contributed by atoms with Gasteiger partial charge in [-0.3, -0.25) is 14.3 Å². The van der Waals surface area contributed by atoms with E-state index < -0.39 is 35.7 Å². The van der Waals surface area contributed by atoms with Crippen molar-refractivity contribution in [1.29, 1.82) is 0 Å². The van der Waals surface area contributed by atoms with Crippen LogP contribution in [0.25, 0.3) is 11.2 Å². The summed E-state index contributed by atoms with van der Waals surface area (Å²) in [5.41, 5.74) is 3.04. The van der Waals surface area contributed by atoms with Crippen molar-refractivity contribution < 1.29 is 20.1 Å². The number of ether oxygens (including phenoxy) is 1. The zero-order valence-corrected chi connectivity index (χ0v) is 13.0. The second kappa shape index (κ2) is 5.57. The smallest absolute Gasteiger partial charge is 0.280 e. The molecule has 24 heavy (non-hydrogen) atoms. The minimum absolute atomic E-state index is 0.00501. The number of fused-ring (bicyclic) bond motifs is 1. The molecule has 128 valence electrons. The van der Waals surface area contributed by atoms with E-state index in [0.717, 1.165) is 0 Å². The van der Waals surface area contributed by atoms with Gasteiger partial charge in [0.2, 0.25) is 5.95 Å².